The summed E-state index contributed by atoms with van der Waals surface area (Å²) in [5, 5.41) is 8.91. The molecule has 0 unspecified atom stereocenters. The second kappa shape index (κ2) is 3.87. The van der Waals surface area contributed by atoms with Gasteiger partial charge in [0, 0.05) is 17.1 Å². The normalized spacial score (nSPS) is 9.93. The number of nitrogens with zero attached hydrogens (tertiary/aromatic N) is 3. The summed E-state index contributed by atoms with van der Waals surface area (Å²) in [5.74, 6) is 0. The van der Waals surface area contributed by atoms with Crippen molar-refractivity contribution in [3.8, 4) is 17.3 Å². The second-order valence-corrected chi connectivity index (χ2v) is 4.09. The number of benzene rings is 1. The maximum absolute atomic E-state index is 8.91. The van der Waals surface area contributed by atoms with Crippen LogP contribution in [0.2, 0.25) is 0 Å². The zero-order valence-corrected chi connectivity index (χ0v) is 9.69. The van der Waals surface area contributed by atoms with Crippen LogP contribution in [0.15, 0.2) is 35.1 Å². The van der Waals surface area contributed by atoms with Crippen LogP contribution in [0.5, 0.6) is 0 Å². The molecule has 0 saturated heterocycles. The Morgan fingerprint density at radius 1 is 1.33 bits per heavy atom. The summed E-state index contributed by atoms with van der Waals surface area (Å²) in [6.07, 6.45) is 1.65. The molecule has 0 N–H and O–H groups in total. The van der Waals surface area contributed by atoms with Gasteiger partial charge in [0.25, 0.3) is 0 Å². The van der Waals surface area contributed by atoms with Crippen molar-refractivity contribution in [3.63, 3.8) is 0 Å². The van der Waals surface area contributed by atoms with Gasteiger partial charge in [0.2, 0.25) is 0 Å². The van der Waals surface area contributed by atoms with E-state index < -0.39 is 0 Å². The first-order valence-electron chi connectivity index (χ1n) is 4.39. The van der Waals surface area contributed by atoms with E-state index in [0.717, 1.165) is 15.7 Å². The number of imidazole rings is 1. The Hall–Kier alpha value is -1.60. The number of nitriles is 1. The highest BCUT2D eigenvalue weighted by molar-refractivity contribution is 9.10. The predicted molar refractivity (Wildman–Crippen MR) is 61.1 cm³/mol. The minimum absolute atomic E-state index is 0.458. The topological polar surface area (TPSA) is 41.6 Å². The van der Waals surface area contributed by atoms with Crippen molar-refractivity contribution in [3.05, 3.63) is 40.8 Å². The predicted octanol–water partition coefficient (Wildman–Crippen LogP) is 2.72. The van der Waals surface area contributed by atoms with E-state index in [1.165, 1.54) is 0 Å². The van der Waals surface area contributed by atoms with Crippen LogP contribution in [0.3, 0.4) is 0 Å². The van der Waals surface area contributed by atoms with Crippen molar-refractivity contribution < 1.29 is 0 Å². The van der Waals surface area contributed by atoms with E-state index in [9.17, 15) is 0 Å². The molecule has 2 aromatic rings. The van der Waals surface area contributed by atoms with Crippen LogP contribution in [-0.4, -0.2) is 9.55 Å². The highest BCUT2D eigenvalue weighted by Gasteiger charge is 2.09. The van der Waals surface area contributed by atoms with Crippen LogP contribution in [0, 0.1) is 11.3 Å². The highest BCUT2D eigenvalue weighted by Crippen LogP contribution is 2.23. The molecule has 0 aliphatic carbocycles. The molecule has 15 heavy (non-hydrogen) atoms. The molecular weight excluding hydrogens is 254 g/mol. The van der Waals surface area contributed by atoms with Crippen LogP contribution < -0.4 is 0 Å². The molecule has 74 valence electrons. The molecule has 0 aliphatic rings. The zero-order valence-electron chi connectivity index (χ0n) is 8.11. The van der Waals surface area contributed by atoms with Crippen LogP contribution in [0.25, 0.3) is 11.3 Å². The van der Waals surface area contributed by atoms with Gasteiger partial charge in [-0.05, 0) is 12.1 Å². The van der Waals surface area contributed by atoms with E-state index in [-0.39, 0.29) is 0 Å². The van der Waals surface area contributed by atoms with Gasteiger partial charge < -0.3 is 4.57 Å². The lowest BCUT2D eigenvalue weighted by Gasteiger charge is -2.02. The third kappa shape index (κ3) is 1.79. The Labute approximate surface area is 96.1 Å². The Bertz CT molecular complexity index is 520. The van der Waals surface area contributed by atoms with Gasteiger partial charge in [-0.25, -0.2) is 4.98 Å². The van der Waals surface area contributed by atoms with Crippen LogP contribution in [0.4, 0.5) is 0 Å². The third-order valence-electron chi connectivity index (χ3n) is 2.16. The Morgan fingerprint density at radius 2 is 2.00 bits per heavy atom. The Balaban J connectivity index is 2.59. The van der Waals surface area contributed by atoms with Crippen LogP contribution in [0.1, 0.15) is 5.69 Å². The molecule has 3 nitrogen and oxygen atoms in total. The van der Waals surface area contributed by atoms with E-state index in [4.69, 9.17) is 5.26 Å². The van der Waals surface area contributed by atoms with Crippen molar-refractivity contribution in [1.29, 1.82) is 5.26 Å². The van der Waals surface area contributed by atoms with Gasteiger partial charge in [0.1, 0.15) is 6.07 Å². The maximum atomic E-state index is 8.91. The molecule has 0 atom stereocenters. The number of halogens is 1. The number of hydrogen-bond acceptors (Lipinski definition) is 2. The first-order chi connectivity index (χ1) is 7.22. The Kier molecular flexibility index (Phi) is 2.57. The standard InChI is InChI=1S/C11H8BrN3/c1-15-7-14-10(6-13)11(15)8-2-4-9(12)5-3-8/h2-5,7H,1H3. The van der Waals surface area contributed by atoms with E-state index in [0.29, 0.717) is 5.69 Å². The van der Waals surface area contributed by atoms with Crippen molar-refractivity contribution in [2.45, 2.75) is 0 Å². The number of aromatic nitrogens is 2. The largest absolute Gasteiger partial charge is 0.333 e. The molecule has 0 spiro atoms. The van der Waals surface area contributed by atoms with Crippen molar-refractivity contribution >= 4 is 15.9 Å². The van der Waals surface area contributed by atoms with Gasteiger partial charge in [0.15, 0.2) is 5.69 Å². The first kappa shape index (κ1) is 9.94. The molecule has 1 aromatic heterocycles. The van der Waals surface area contributed by atoms with E-state index >= 15 is 0 Å². The van der Waals surface area contributed by atoms with Gasteiger partial charge in [-0.1, -0.05) is 28.1 Å². The summed E-state index contributed by atoms with van der Waals surface area (Å²) in [4.78, 5) is 4.02. The molecule has 2 rings (SSSR count). The Morgan fingerprint density at radius 3 is 2.60 bits per heavy atom. The average molecular weight is 262 g/mol. The molecule has 0 bridgehead atoms. The monoisotopic (exact) mass is 261 g/mol. The fraction of sp³-hybridized carbons (Fsp3) is 0.0909. The lowest BCUT2D eigenvalue weighted by atomic mass is 10.1. The van der Waals surface area contributed by atoms with Crippen LogP contribution >= 0.6 is 15.9 Å². The molecule has 0 amide bonds. The minimum Gasteiger partial charge on any atom is -0.333 e. The molecule has 0 radical (unpaired) electrons. The number of aryl methyl sites for hydroxylation is 1. The van der Waals surface area contributed by atoms with E-state index in [1.807, 2.05) is 35.9 Å². The fourth-order valence-corrected chi connectivity index (χ4v) is 1.72. The smallest absolute Gasteiger partial charge is 0.166 e. The fourth-order valence-electron chi connectivity index (χ4n) is 1.46. The molecule has 0 aliphatic heterocycles. The van der Waals surface area contributed by atoms with Gasteiger partial charge in [0.05, 0.1) is 12.0 Å². The lowest BCUT2D eigenvalue weighted by molar-refractivity contribution is 0.921. The summed E-state index contributed by atoms with van der Waals surface area (Å²) in [7, 11) is 1.88. The minimum atomic E-state index is 0.458. The van der Waals surface area contributed by atoms with Gasteiger partial charge in [-0.2, -0.15) is 5.26 Å². The summed E-state index contributed by atoms with van der Waals surface area (Å²) in [6.45, 7) is 0. The number of rotatable bonds is 1. The molecule has 0 saturated carbocycles. The summed E-state index contributed by atoms with van der Waals surface area (Å²) >= 11 is 3.38. The molecule has 0 fully saturated rings. The molecule has 4 heteroatoms. The summed E-state index contributed by atoms with van der Waals surface area (Å²) < 4.78 is 2.87. The van der Waals surface area contributed by atoms with Crippen LogP contribution in [-0.2, 0) is 7.05 Å². The molecular formula is C11H8BrN3. The average Bonchev–Trinajstić information content (AvgIpc) is 2.61. The van der Waals surface area contributed by atoms with Crippen molar-refractivity contribution in [1.82, 2.24) is 9.55 Å². The summed E-state index contributed by atoms with van der Waals surface area (Å²) in [5.41, 5.74) is 2.31. The number of hydrogen-bond donors (Lipinski definition) is 0. The quantitative estimate of drug-likeness (QED) is 0.792. The summed E-state index contributed by atoms with van der Waals surface area (Å²) in [6, 6.07) is 9.90. The SMILES string of the molecule is Cn1cnc(C#N)c1-c1ccc(Br)cc1. The van der Waals surface area contributed by atoms with Gasteiger partial charge in [-0.15, -0.1) is 0 Å². The zero-order chi connectivity index (χ0) is 10.8. The van der Waals surface area contributed by atoms with Gasteiger partial charge >= 0.3 is 0 Å². The molecule has 1 heterocycles. The van der Waals surface area contributed by atoms with Gasteiger partial charge in [-0.3, -0.25) is 0 Å². The van der Waals surface area contributed by atoms with Crippen molar-refractivity contribution in [2.24, 2.45) is 7.05 Å². The van der Waals surface area contributed by atoms with E-state index in [2.05, 4.69) is 27.0 Å². The second-order valence-electron chi connectivity index (χ2n) is 3.17. The highest BCUT2D eigenvalue weighted by atomic mass is 79.9. The third-order valence-corrected chi connectivity index (χ3v) is 2.69. The van der Waals surface area contributed by atoms with Crippen molar-refractivity contribution in [2.75, 3.05) is 0 Å². The lowest BCUT2D eigenvalue weighted by Crippen LogP contribution is -1.91. The van der Waals surface area contributed by atoms with E-state index in [1.54, 1.807) is 6.33 Å². The molecule has 1 aromatic carbocycles. The maximum Gasteiger partial charge on any atom is 0.166 e. The first-order valence-corrected chi connectivity index (χ1v) is 5.19.